The summed E-state index contributed by atoms with van der Waals surface area (Å²) in [5.74, 6) is 2.68. The predicted molar refractivity (Wildman–Crippen MR) is 108 cm³/mol. The van der Waals surface area contributed by atoms with E-state index in [1.165, 1.54) is 0 Å². The van der Waals surface area contributed by atoms with Gasteiger partial charge in [-0.15, -0.1) is 0 Å². The molecule has 1 atom stereocenters. The molecule has 1 saturated carbocycles. The number of aryl methyl sites for hydroxylation is 3. The zero-order valence-electron chi connectivity index (χ0n) is 17.4. The second-order valence-corrected chi connectivity index (χ2v) is 8.43. The van der Waals surface area contributed by atoms with Crippen LogP contribution in [0.4, 0.5) is 0 Å². The Bertz CT molecular complexity index is 895. The highest BCUT2D eigenvalue weighted by molar-refractivity contribution is 5.92. The van der Waals surface area contributed by atoms with Gasteiger partial charge < -0.3 is 15.2 Å². The largest absolute Gasteiger partial charge is 0.357 e. The van der Waals surface area contributed by atoms with Gasteiger partial charge in [-0.25, -0.2) is 9.67 Å². The van der Waals surface area contributed by atoms with Crippen molar-refractivity contribution in [3.05, 3.63) is 35.2 Å². The fourth-order valence-corrected chi connectivity index (χ4v) is 4.54. The molecule has 156 valence electrons. The van der Waals surface area contributed by atoms with Crippen LogP contribution < -0.4 is 5.32 Å². The van der Waals surface area contributed by atoms with E-state index in [4.69, 9.17) is 0 Å². The zero-order chi connectivity index (χ0) is 20.5. The monoisotopic (exact) mass is 398 g/mol. The maximum absolute atomic E-state index is 12.6. The van der Waals surface area contributed by atoms with E-state index in [0.717, 1.165) is 50.2 Å². The van der Waals surface area contributed by atoms with Crippen molar-refractivity contribution in [2.24, 2.45) is 11.8 Å². The Morgan fingerprint density at radius 1 is 1.28 bits per heavy atom. The fraction of sp³-hybridized carbons (Fsp3) is 0.619. The SMILES string of the molecule is CCc1c[nH]c(C(=O)NC2CC(C3CCN(C(=O)Cn4nc(C)nc4C)C3)C2)c1. The minimum Gasteiger partial charge on any atom is -0.357 e. The molecule has 1 unspecified atom stereocenters. The third-order valence-electron chi connectivity index (χ3n) is 6.40. The van der Waals surface area contributed by atoms with E-state index in [9.17, 15) is 9.59 Å². The summed E-state index contributed by atoms with van der Waals surface area (Å²) in [5, 5.41) is 7.42. The first-order valence-electron chi connectivity index (χ1n) is 10.6. The van der Waals surface area contributed by atoms with Gasteiger partial charge in [-0.3, -0.25) is 9.59 Å². The Hall–Kier alpha value is -2.64. The first kappa shape index (κ1) is 19.7. The van der Waals surface area contributed by atoms with E-state index in [-0.39, 0.29) is 24.4 Å². The number of hydrogen-bond acceptors (Lipinski definition) is 4. The molecule has 0 aromatic carbocycles. The van der Waals surface area contributed by atoms with Gasteiger partial charge in [0.2, 0.25) is 5.91 Å². The quantitative estimate of drug-likeness (QED) is 0.776. The molecule has 2 aromatic rings. The van der Waals surface area contributed by atoms with E-state index in [0.29, 0.717) is 23.4 Å². The van der Waals surface area contributed by atoms with Gasteiger partial charge in [0.15, 0.2) is 0 Å². The number of carbonyl (C=O) groups is 2. The van der Waals surface area contributed by atoms with Crippen molar-refractivity contribution in [3.63, 3.8) is 0 Å². The van der Waals surface area contributed by atoms with E-state index in [2.05, 4.69) is 27.3 Å². The van der Waals surface area contributed by atoms with Gasteiger partial charge in [-0.05, 0) is 63.0 Å². The molecule has 1 aliphatic carbocycles. The molecule has 3 heterocycles. The molecule has 2 aliphatic rings. The number of carbonyl (C=O) groups excluding carboxylic acids is 2. The molecule has 1 saturated heterocycles. The average Bonchev–Trinajstić information content (AvgIpc) is 3.38. The lowest BCUT2D eigenvalue weighted by molar-refractivity contribution is -0.131. The Labute approximate surface area is 171 Å². The number of nitrogens with one attached hydrogen (secondary N) is 2. The third kappa shape index (κ3) is 4.21. The maximum atomic E-state index is 12.6. The van der Waals surface area contributed by atoms with Crippen LogP contribution in [0.25, 0.3) is 0 Å². The van der Waals surface area contributed by atoms with E-state index in [1.54, 1.807) is 4.68 Å². The van der Waals surface area contributed by atoms with Crippen LogP contribution in [0, 0.1) is 25.7 Å². The topological polar surface area (TPSA) is 95.9 Å². The molecular weight excluding hydrogens is 368 g/mol. The van der Waals surface area contributed by atoms with Crippen LogP contribution in [0.2, 0.25) is 0 Å². The number of aromatic nitrogens is 4. The predicted octanol–water partition coefficient (Wildman–Crippen LogP) is 1.84. The summed E-state index contributed by atoms with van der Waals surface area (Å²) in [5.41, 5.74) is 1.79. The van der Waals surface area contributed by atoms with Crippen LogP contribution in [0.15, 0.2) is 12.3 Å². The van der Waals surface area contributed by atoms with E-state index >= 15 is 0 Å². The van der Waals surface area contributed by atoms with Crippen LogP contribution in [0.5, 0.6) is 0 Å². The summed E-state index contributed by atoms with van der Waals surface area (Å²) in [4.78, 5) is 34.2. The molecule has 2 N–H and O–H groups in total. The van der Waals surface area contributed by atoms with Gasteiger partial charge in [-0.2, -0.15) is 5.10 Å². The van der Waals surface area contributed by atoms with E-state index < -0.39 is 0 Å². The number of aromatic amines is 1. The molecular formula is C21H30N6O2. The van der Waals surface area contributed by atoms with Gasteiger partial charge in [0.1, 0.15) is 23.9 Å². The van der Waals surface area contributed by atoms with Crippen LogP contribution in [-0.2, 0) is 17.8 Å². The second kappa shape index (κ2) is 8.00. The van der Waals surface area contributed by atoms with Gasteiger partial charge >= 0.3 is 0 Å². The first-order chi connectivity index (χ1) is 13.9. The highest BCUT2D eigenvalue weighted by atomic mass is 16.2. The number of nitrogens with zero attached hydrogens (tertiary/aromatic N) is 4. The molecule has 29 heavy (non-hydrogen) atoms. The molecule has 8 nitrogen and oxygen atoms in total. The number of amides is 2. The van der Waals surface area contributed by atoms with Crippen molar-refractivity contribution in [3.8, 4) is 0 Å². The van der Waals surface area contributed by atoms with Crippen LogP contribution in [-0.4, -0.2) is 55.6 Å². The highest BCUT2D eigenvalue weighted by Crippen LogP contribution is 2.38. The smallest absolute Gasteiger partial charge is 0.267 e. The fourth-order valence-electron chi connectivity index (χ4n) is 4.54. The molecule has 1 aliphatic heterocycles. The molecule has 8 heteroatoms. The molecule has 4 rings (SSSR count). The normalized spacial score (nSPS) is 23.8. The molecule has 0 bridgehead atoms. The summed E-state index contributed by atoms with van der Waals surface area (Å²) in [6.07, 6.45) is 5.86. The minimum absolute atomic E-state index is 0.0186. The van der Waals surface area contributed by atoms with Crippen LogP contribution in [0.1, 0.15) is 53.9 Å². The molecule has 2 amide bonds. The lowest BCUT2D eigenvalue weighted by atomic mass is 9.72. The molecule has 2 aromatic heterocycles. The van der Waals surface area contributed by atoms with Gasteiger partial charge in [0.05, 0.1) is 0 Å². The lowest BCUT2D eigenvalue weighted by Gasteiger charge is -2.39. The first-order valence-corrected chi connectivity index (χ1v) is 10.6. The lowest BCUT2D eigenvalue weighted by Crippen LogP contribution is -2.47. The molecule has 2 fully saturated rings. The van der Waals surface area contributed by atoms with Crippen molar-refractivity contribution >= 4 is 11.8 Å². The van der Waals surface area contributed by atoms with Crippen molar-refractivity contribution in [2.45, 2.75) is 59.0 Å². The minimum atomic E-state index is -0.0186. The van der Waals surface area contributed by atoms with Crippen molar-refractivity contribution < 1.29 is 9.59 Å². The summed E-state index contributed by atoms with van der Waals surface area (Å²) in [6.45, 7) is 7.67. The Balaban J connectivity index is 1.22. The van der Waals surface area contributed by atoms with Crippen LogP contribution >= 0.6 is 0 Å². The molecule has 0 radical (unpaired) electrons. The van der Waals surface area contributed by atoms with Crippen LogP contribution in [0.3, 0.4) is 0 Å². The maximum Gasteiger partial charge on any atom is 0.267 e. The summed E-state index contributed by atoms with van der Waals surface area (Å²) in [6, 6.07) is 2.16. The van der Waals surface area contributed by atoms with Gasteiger partial charge in [0.25, 0.3) is 5.91 Å². The van der Waals surface area contributed by atoms with Crippen molar-refractivity contribution in [1.29, 1.82) is 0 Å². The standard InChI is InChI=1S/C21H30N6O2/c1-4-15-7-19(22-10-15)21(29)24-18-8-17(9-18)16-5-6-26(11-16)20(28)12-27-14(3)23-13(2)25-27/h7,10,16-18,22H,4-6,8-9,11-12H2,1-3H3,(H,24,29). The van der Waals surface area contributed by atoms with Gasteiger partial charge in [-0.1, -0.05) is 6.92 Å². The Kier molecular flexibility index (Phi) is 5.43. The Morgan fingerprint density at radius 3 is 2.72 bits per heavy atom. The average molecular weight is 399 g/mol. The number of rotatable bonds is 6. The number of likely N-dealkylation sites (tertiary alicyclic amines) is 1. The third-order valence-corrected chi connectivity index (χ3v) is 6.40. The van der Waals surface area contributed by atoms with Crippen molar-refractivity contribution in [1.82, 2.24) is 30.0 Å². The van der Waals surface area contributed by atoms with Crippen molar-refractivity contribution in [2.75, 3.05) is 13.1 Å². The number of hydrogen-bond donors (Lipinski definition) is 2. The highest BCUT2D eigenvalue weighted by Gasteiger charge is 2.40. The van der Waals surface area contributed by atoms with E-state index in [1.807, 2.05) is 31.0 Å². The summed E-state index contributed by atoms with van der Waals surface area (Å²) < 4.78 is 1.68. The zero-order valence-corrected chi connectivity index (χ0v) is 17.4. The van der Waals surface area contributed by atoms with Gasteiger partial charge in [0, 0.05) is 25.3 Å². The summed E-state index contributed by atoms with van der Waals surface area (Å²) >= 11 is 0. The number of H-pyrrole nitrogens is 1. The Morgan fingerprint density at radius 2 is 2.07 bits per heavy atom. The molecule has 0 spiro atoms. The summed E-state index contributed by atoms with van der Waals surface area (Å²) in [7, 11) is 0. The second-order valence-electron chi connectivity index (χ2n) is 8.43.